The van der Waals surface area contributed by atoms with Gasteiger partial charge in [0.05, 0.1) is 0 Å². The number of rotatable bonds is 2. The van der Waals surface area contributed by atoms with Crippen molar-refractivity contribution in [2.75, 3.05) is 0 Å². The third kappa shape index (κ3) is 2.80. The Morgan fingerprint density at radius 1 is 0.938 bits per heavy atom. The fourth-order valence-electron chi connectivity index (χ4n) is 2.05. The first-order valence-corrected chi connectivity index (χ1v) is 5.94. The summed E-state index contributed by atoms with van der Waals surface area (Å²) in [5, 5.41) is 1.95. The number of allylic oxidation sites excluding steroid dienone is 8. The average molecular weight is 420 g/mol. The number of hydrogen-bond acceptors (Lipinski definition) is 0. The quantitative estimate of drug-likeness (QED) is 0.549. The Morgan fingerprint density at radius 3 is 1.56 bits per heavy atom. The van der Waals surface area contributed by atoms with Crippen LogP contribution in [0, 0.1) is 0 Å². The molecule has 0 saturated carbocycles. The van der Waals surface area contributed by atoms with E-state index >= 15 is 0 Å². The molecular formula is C13H14Cl2Hf. The van der Waals surface area contributed by atoms with Crippen molar-refractivity contribution < 1.29 is 25.8 Å². The van der Waals surface area contributed by atoms with Gasteiger partial charge in [0.25, 0.3) is 0 Å². The van der Waals surface area contributed by atoms with Gasteiger partial charge < -0.3 is 0 Å². The molecule has 0 aromatic heterocycles. The van der Waals surface area contributed by atoms with E-state index in [9.17, 15) is 0 Å². The van der Waals surface area contributed by atoms with Crippen molar-refractivity contribution in [2.45, 2.75) is 33.1 Å². The van der Waals surface area contributed by atoms with Crippen LogP contribution in [-0.2, 0) is 25.8 Å². The van der Waals surface area contributed by atoms with Gasteiger partial charge in [-0.3, -0.25) is 0 Å². The van der Waals surface area contributed by atoms with Crippen LogP contribution < -0.4 is 0 Å². The molecule has 0 aromatic carbocycles. The van der Waals surface area contributed by atoms with E-state index in [1.54, 1.807) is 0 Å². The van der Waals surface area contributed by atoms with Gasteiger partial charge in [-0.1, -0.05) is 46.5 Å². The predicted molar refractivity (Wildman–Crippen MR) is 67.1 cm³/mol. The Labute approximate surface area is 126 Å². The molecule has 2 rings (SSSR count). The summed E-state index contributed by atoms with van der Waals surface area (Å²) in [5.41, 5.74) is 5.13. The maximum atomic E-state index is 6.19. The number of hydrogen-bond donors (Lipinski definition) is 0. The molecule has 2 aliphatic rings. The predicted octanol–water partition coefficient (Wildman–Crippen LogP) is 5.06. The topological polar surface area (TPSA) is 0 Å². The van der Waals surface area contributed by atoms with Crippen LogP contribution in [0.25, 0.3) is 0 Å². The summed E-state index contributed by atoms with van der Waals surface area (Å²) in [4.78, 5) is 0. The molecule has 0 saturated heterocycles. The Balaban J connectivity index is 0.00000128. The van der Waals surface area contributed by atoms with Gasteiger partial charge in [0.15, 0.2) is 0 Å². The van der Waals surface area contributed by atoms with Gasteiger partial charge in [-0.2, -0.15) is 0 Å². The van der Waals surface area contributed by atoms with Gasteiger partial charge in [0, 0.05) is 55.2 Å². The monoisotopic (exact) mass is 420 g/mol. The van der Waals surface area contributed by atoms with Gasteiger partial charge in [-0.05, 0) is 25.0 Å². The first kappa shape index (κ1) is 14.5. The molecule has 3 heteroatoms. The summed E-state index contributed by atoms with van der Waals surface area (Å²) in [6.45, 7) is 4.24. The first-order valence-electron chi connectivity index (χ1n) is 5.19. The second-order valence-corrected chi connectivity index (χ2v) is 5.04. The van der Waals surface area contributed by atoms with Crippen molar-refractivity contribution in [3.05, 3.63) is 44.5 Å². The second-order valence-electron chi connectivity index (χ2n) is 4.13. The van der Waals surface area contributed by atoms with E-state index in [0.29, 0.717) is 0 Å². The molecule has 0 heterocycles. The molecule has 2 aliphatic carbocycles. The van der Waals surface area contributed by atoms with Crippen molar-refractivity contribution in [3.63, 3.8) is 0 Å². The minimum atomic E-state index is 0. The largest absolute Gasteiger partial charge is 0.0885 e. The zero-order chi connectivity index (χ0) is 11.0. The van der Waals surface area contributed by atoms with Crippen molar-refractivity contribution in [2.24, 2.45) is 0 Å². The fourth-order valence-corrected chi connectivity index (χ4v) is 2.64. The van der Waals surface area contributed by atoms with E-state index in [1.165, 1.54) is 22.3 Å². The maximum Gasteiger partial charge on any atom is 0.0256 e. The van der Waals surface area contributed by atoms with Crippen LogP contribution in [0.5, 0.6) is 0 Å². The molecule has 0 nitrogen and oxygen atoms in total. The summed E-state index contributed by atoms with van der Waals surface area (Å²) >= 11 is 12.4. The van der Waals surface area contributed by atoms with Crippen molar-refractivity contribution in [1.29, 1.82) is 0 Å². The van der Waals surface area contributed by atoms with Crippen LogP contribution in [0.15, 0.2) is 44.5 Å². The molecule has 0 aromatic rings. The van der Waals surface area contributed by atoms with Crippen LogP contribution in [-0.4, -0.2) is 0 Å². The summed E-state index contributed by atoms with van der Waals surface area (Å²) in [6, 6.07) is 0. The first-order chi connectivity index (χ1) is 7.09. The molecule has 0 amide bonds. The molecule has 0 N–H and O–H groups in total. The van der Waals surface area contributed by atoms with E-state index in [1.807, 2.05) is 0 Å². The van der Waals surface area contributed by atoms with Crippen molar-refractivity contribution >= 4 is 23.2 Å². The Bertz CT molecular complexity index is 385. The molecule has 16 heavy (non-hydrogen) atoms. The standard InChI is InChI=1S/C13H14Cl2.Hf/c1-8-3-5-12(14)10(8)7-11-9(2)4-6-13(11)15;/h3-4H,5-7H2,1-2H3;. The molecule has 0 radical (unpaired) electrons. The van der Waals surface area contributed by atoms with Crippen LogP contribution in [0.1, 0.15) is 33.1 Å². The third-order valence-electron chi connectivity index (χ3n) is 3.14. The summed E-state index contributed by atoms with van der Waals surface area (Å²) in [6.07, 6.45) is 7.02. The van der Waals surface area contributed by atoms with E-state index in [-0.39, 0.29) is 25.8 Å². The SMILES string of the molecule is CC1=CCC(Cl)=C1CC1=C(Cl)CC=C1C.[Hf]. The molecule has 84 valence electrons. The molecule has 0 unspecified atom stereocenters. The second kappa shape index (κ2) is 5.84. The molecule has 0 atom stereocenters. The van der Waals surface area contributed by atoms with Crippen LogP contribution in [0.3, 0.4) is 0 Å². The summed E-state index contributed by atoms with van der Waals surface area (Å²) < 4.78 is 0. The van der Waals surface area contributed by atoms with Crippen molar-refractivity contribution in [1.82, 2.24) is 0 Å². The minimum absolute atomic E-state index is 0. The zero-order valence-corrected chi connectivity index (χ0v) is 14.6. The van der Waals surface area contributed by atoms with E-state index in [0.717, 1.165) is 29.3 Å². The van der Waals surface area contributed by atoms with Gasteiger partial charge in [0.1, 0.15) is 0 Å². The summed E-state index contributed by atoms with van der Waals surface area (Å²) in [7, 11) is 0. The normalized spacial score (nSPS) is 20.0. The minimum Gasteiger partial charge on any atom is -0.0885 e. The number of halogens is 2. The zero-order valence-electron chi connectivity index (χ0n) is 9.53. The molecule has 0 aliphatic heterocycles. The molecule has 0 bridgehead atoms. The van der Waals surface area contributed by atoms with Crippen LogP contribution in [0.2, 0.25) is 0 Å². The Morgan fingerprint density at radius 2 is 1.31 bits per heavy atom. The molecular weight excluding hydrogens is 406 g/mol. The molecule has 0 fully saturated rings. The Kier molecular flexibility index (Phi) is 5.28. The fraction of sp³-hybridized carbons (Fsp3) is 0.385. The van der Waals surface area contributed by atoms with E-state index < -0.39 is 0 Å². The maximum absolute atomic E-state index is 6.19. The summed E-state index contributed by atoms with van der Waals surface area (Å²) in [5.74, 6) is 0. The third-order valence-corrected chi connectivity index (χ3v) is 3.90. The smallest absolute Gasteiger partial charge is 0.0256 e. The van der Waals surface area contributed by atoms with E-state index in [4.69, 9.17) is 23.2 Å². The van der Waals surface area contributed by atoms with Crippen molar-refractivity contribution in [3.8, 4) is 0 Å². The average Bonchev–Trinajstić information content (AvgIpc) is 2.67. The van der Waals surface area contributed by atoms with Gasteiger partial charge in [0.2, 0.25) is 0 Å². The van der Waals surface area contributed by atoms with Gasteiger partial charge in [-0.25, -0.2) is 0 Å². The Hall–Kier alpha value is 0.410. The van der Waals surface area contributed by atoms with Crippen LogP contribution in [0.4, 0.5) is 0 Å². The van der Waals surface area contributed by atoms with Gasteiger partial charge in [-0.15, -0.1) is 0 Å². The van der Waals surface area contributed by atoms with Gasteiger partial charge >= 0.3 is 0 Å². The van der Waals surface area contributed by atoms with E-state index in [2.05, 4.69) is 26.0 Å². The molecule has 0 spiro atoms. The van der Waals surface area contributed by atoms with Crippen LogP contribution >= 0.6 is 23.2 Å².